The number of nitrogens with one attached hydrogen (secondary N) is 2. The van der Waals surface area contributed by atoms with Crippen LogP contribution in [0.15, 0.2) is 42.5 Å². The van der Waals surface area contributed by atoms with E-state index in [0.717, 1.165) is 36.3 Å². The molecule has 3 rings (SSSR count). The molecule has 4 N–H and O–H groups in total. The molecule has 2 amide bonds. The summed E-state index contributed by atoms with van der Waals surface area (Å²) < 4.78 is 0. The van der Waals surface area contributed by atoms with Crippen LogP contribution < -0.4 is 21.3 Å². The van der Waals surface area contributed by atoms with Crippen molar-refractivity contribution in [2.75, 3.05) is 34.4 Å². The summed E-state index contributed by atoms with van der Waals surface area (Å²) in [4.78, 5) is 25.6. The predicted molar refractivity (Wildman–Crippen MR) is 101 cm³/mol. The molecule has 1 aliphatic heterocycles. The number of carbonyl (C=O) groups is 2. The Labute approximate surface area is 147 Å². The summed E-state index contributed by atoms with van der Waals surface area (Å²) in [6, 6.07) is 12.9. The first-order chi connectivity index (χ1) is 12.0. The molecule has 2 aromatic carbocycles. The molecular formula is C19H22N4O2. The zero-order valence-corrected chi connectivity index (χ0v) is 14.2. The minimum atomic E-state index is -0.147. The molecule has 1 aliphatic rings. The second-order valence-electron chi connectivity index (χ2n) is 6.18. The molecule has 0 fully saturated rings. The van der Waals surface area contributed by atoms with Gasteiger partial charge in [0.25, 0.3) is 0 Å². The second-order valence-corrected chi connectivity index (χ2v) is 6.18. The lowest BCUT2D eigenvalue weighted by molar-refractivity contribution is -0.115. The van der Waals surface area contributed by atoms with Crippen molar-refractivity contribution in [1.29, 1.82) is 0 Å². The van der Waals surface area contributed by atoms with Gasteiger partial charge in [0.15, 0.2) is 0 Å². The highest BCUT2D eigenvalue weighted by molar-refractivity contribution is 5.96. The molecular weight excluding hydrogens is 316 g/mol. The van der Waals surface area contributed by atoms with Gasteiger partial charge in [-0.25, -0.2) is 0 Å². The Morgan fingerprint density at radius 3 is 2.60 bits per heavy atom. The van der Waals surface area contributed by atoms with Gasteiger partial charge >= 0.3 is 0 Å². The van der Waals surface area contributed by atoms with Crippen molar-refractivity contribution < 1.29 is 9.59 Å². The largest absolute Gasteiger partial charge is 0.398 e. The number of carbonyl (C=O) groups excluding carboxylic acids is 2. The Morgan fingerprint density at radius 2 is 1.84 bits per heavy atom. The highest BCUT2D eigenvalue weighted by atomic mass is 16.2. The smallest absolute Gasteiger partial charge is 0.243 e. The fourth-order valence-corrected chi connectivity index (χ4v) is 3.14. The Hall–Kier alpha value is -3.02. The third kappa shape index (κ3) is 4.09. The summed E-state index contributed by atoms with van der Waals surface area (Å²) in [5, 5.41) is 5.59. The molecule has 1 heterocycles. The number of nitrogens with two attached hydrogens (primary N) is 1. The Balaban J connectivity index is 1.68. The number of nitrogens with zero attached hydrogens (tertiary/aromatic N) is 1. The van der Waals surface area contributed by atoms with Crippen molar-refractivity contribution >= 4 is 34.6 Å². The summed E-state index contributed by atoms with van der Waals surface area (Å²) in [6.07, 6.45) is 1.92. The number of fused-ring (bicyclic) bond motifs is 1. The molecule has 130 valence electrons. The summed E-state index contributed by atoms with van der Waals surface area (Å²) in [6.45, 7) is 2.54. The summed E-state index contributed by atoms with van der Waals surface area (Å²) >= 11 is 0. The Morgan fingerprint density at radius 1 is 1.12 bits per heavy atom. The van der Waals surface area contributed by atoms with Gasteiger partial charge in [0.05, 0.1) is 6.54 Å². The van der Waals surface area contributed by atoms with Crippen molar-refractivity contribution in [2.45, 2.75) is 19.8 Å². The number of amides is 2. The average Bonchev–Trinajstić information content (AvgIpc) is 2.55. The molecule has 6 nitrogen and oxygen atoms in total. The Bertz CT molecular complexity index is 804. The zero-order valence-electron chi connectivity index (χ0n) is 14.2. The first-order valence-electron chi connectivity index (χ1n) is 8.33. The van der Waals surface area contributed by atoms with Crippen LogP contribution in [-0.2, 0) is 16.0 Å². The van der Waals surface area contributed by atoms with E-state index < -0.39 is 0 Å². The van der Waals surface area contributed by atoms with E-state index in [0.29, 0.717) is 11.4 Å². The van der Waals surface area contributed by atoms with Gasteiger partial charge in [-0.15, -0.1) is 0 Å². The van der Waals surface area contributed by atoms with Crippen LogP contribution in [0, 0.1) is 0 Å². The summed E-state index contributed by atoms with van der Waals surface area (Å²) in [5.41, 5.74) is 10.3. The Kier molecular flexibility index (Phi) is 4.88. The van der Waals surface area contributed by atoms with E-state index in [1.807, 2.05) is 18.2 Å². The maximum absolute atomic E-state index is 12.4. The highest BCUT2D eigenvalue weighted by Gasteiger charge is 2.20. The SMILES string of the molecule is CC(=O)Nc1cccc(NC(=O)CN2CCCc3c(N)cccc32)c1. The van der Waals surface area contributed by atoms with E-state index in [9.17, 15) is 9.59 Å². The highest BCUT2D eigenvalue weighted by Crippen LogP contribution is 2.31. The number of hydrogen-bond acceptors (Lipinski definition) is 4. The summed E-state index contributed by atoms with van der Waals surface area (Å²) in [5.74, 6) is -0.249. The van der Waals surface area contributed by atoms with Gasteiger partial charge in [0.2, 0.25) is 11.8 Å². The lowest BCUT2D eigenvalue weighted by Crippen LogP contribution is -2.37. The van der Waals surface area contributed by atoms with Crippen LogP contribution in [0.4, 0.5) is 22.7 Å². The van der Waals surface area contributed by atoms with E-state index in [4.69, 9.17) is 5.73 Å². The molecule has 0 spiro atoms. The molecule has 0 bridgehead atoms. The van der Waals surface area contributed by atoms with E-state index in [-0.39, 0.29) is 18.4 Å². The maximum Gasteiger partial charge on any atom is 0.243 e. The van der Waals surface area contributed by atoms with E-state index >= 15 is 0 Å². The topological polar surface area (TPSA) is 87.5 Å². The van der Waals surface area contributed by atoms with Crippen LogP contribution in [0.2, 0.25) is 0 Å². The third-order valence-electron chi connectivity index (χ3n) is 4.18. The molecule has 0 atom stereocenters. The number of benzene rings is 2. The molecule has 25 heavy (non-hydrogen) atoms. The number of nitrogen functional groups attached to an aromatic ring is 1. The standard InChI is InChI=1S/C19H22N4O2/c1-13(24)21-14-5-2-6-15(11-14)22-19(25)12-23-10-4-7-16-17(20)8-3-9-18(16)23/h2-3,5-6,8-9,11H,4,7,10,12,20H2,1H3,(H,21,24)(H,22,25). The molecule has 0 radical (unpaired) electrons. The molecule has 0 aromatic heterocycles. The minimum Gasteiger partial charge on any atom is -0.398 e. The van der Waals surface area contributed by atoms with Crippen LogP contribution >= 0.6 is 0 Å². The molecule has 2 aromatic rings. The first-order valence-corrected chi connectivity index (χ1v) is 8.33. The minimum absolute atomic E-state index is 0.102. The van der Waals surface area contributed by atoms with Crippen LogP contribution in [0.5, 0.6) is 0 Å². The number of anilines is 4. The van der Waals surface area contributed by atoms with E-state index in [2.05, 4.69) is 15.5 Å². The zero-order chi connectivity index (χ0) is 17.8. The van der Waals surface area contributed by atoms with Crippen LogP contribution in [0.3, 0.4) is 0 Å². The molecule has 0 saturated heterocycles. The van der Waals surface area contributed by atoms with Crippen molar-refractivity contribution in [3.8, 4) is 0 Å². The fourth-order valence-electron chi connectivity index (χ4n) is 3.14. The van der Waals surface area contributed by atoms with Crippen molar-refractivity contribution in [3.05, 3.63) is 48.0 Å². The number of rotatable bonds is 4. The van der Waals surface area contributed by atoms with Crippen molar-refractivity contribution in [3.63, 3.8) is 0 Å². The second kappa shape index (κ2) is 7.25. The average molecular weight is 338 g/mol. The van der Waals surface area contributed by atoms with Crippen molar-refractivity contribution in [1.82, 2.24) is 0 Å². The monoisotopic (exact) mass is 338 g/mol. The van der Waals surface area contributed by atoms with Crippen LogP contribution in [0.1, 0.15) is 18.9 Å². The lowest BCUT2D eigenvalue weighted by Gasteiger charge is -2.31. The lowest BCUT2D eigenvalue weighted by atomic mass is 10.00. The fraction of sp³-hybridized carbons (Fsp3) is 0.263. The van der Waals surface area contributed by atoms with E-state index in [1.165, 1.54) is 6.92 Å². The molecule has 0 aliphatic carbocycles. The van der Waals surface area contributed by atoms with Gasteiger partial charge in [-0.3, -0.25) is 9.59 Å². The van der Waals surface area contributed by atoms with Gasteiger partial charge in [0, 0.05) is 36.2 Å². The predicted octanol–water partition coefficient (Wildman–Crippen LogP) is 2.62. The molecule has 0 unspecified atom stereocenters. The van der Waals surface area contributed by atoms with Gasteiger partial charge < -0.3 is 21.3 Å². The number of hydrogen-bond donors (Lipinski definition) is 3. The summed E-state index contributed by atoms with van der Waals surface area (Å²) in [7, 11) is 0. The van der Waals surface area contributed by atoms with Crippen LogP contribution in [0.25, 0.3) is 0 Å². The third-order valence-corrected chi connectivity index (χ3v) is 4.18. The van der Waals surface area contributed by atoms with Crippen molar-refractivity contribution in [2.24, 2.45) is 0 Å². The van der Waals surface area contributed by atoms with Gasteiger partial charge in [-0.05, 0) is 48.7 Å². The molecule has 0 saturated carbocycles. The van der Waals surface area contributed by atoms with Gasteiger partial charge in [0.1, 0.15) is 0 Å². The first kappa shape index (κ1) is 16.8. The van der Waals surface area contributed by atoms with Crippen LogP contribution in [-0.4, -0.2) is 24.9 Å². The maximum atomic E-state index is 12.4. The quantitative estimate of drug-likeness (QED) is 0.748. The normalized spacial score (nSPS) is 13.1. The molecule has 6 heteroatoms. The van der Waals surface area contributed by atoms with Gasteiger partial charge in [-0.2, -0.15) is 0 Å². The van der Waals surface area contributed by atoms with E-state index in [1.54, 1.807) is 24.3 Å². The van der Waals surface area contributed by atoms with Gasteiger partial charge in [-0.1, -0.05) is 12.1 Å².